The van der Waals surface area contributed by atoms with Crippen LogP contribution in [0, 0.1) is 0 Å². The lowest BCUT2D eigenvalue weighted by Gasteiger charge is -2.13. The fraction of sp³-hybridized carbons (Fsp3) is 0.190. The Morgan fingerprint density at radius 1 is 1.11 bits per heavy atom. The van der Waals surface area contributed by atoms with Crippen molar-refractivity contribution in [3.63, 3.8) is 0 Å². The van der Waals surface area contributed by atoms with Crippen LogP contribution in [0.3, 0.4) is 0 Å². The molecule has 0 aliphatic carbocycles. The summed E-state index contributed by atoms with van der Waals surface area (Å²) in [6.07, 6.45) is 0.498. The van der Waals surface area contributed by atoms with E-state index in [1.807, 2.05) is 37.3 Å². The number of ether oxygens (including phenoxy) is 1. The van der Waals surface area contributed by atoms with Crippen molar-refractivity contribution in [1.29, 1.82) is 0 Å². The van der Waals surface area contributed by atoms with Crippen LogP contribution < -0.4 is 4.90 Å². The Kier molecular flexibility index (Phi) is 4.81. The van der Waals surface area contributed by atoms with Gasteiger partial charge >= 0.3 is 5.97 Å². The van der Waals surface area contributed by atoms with Crippen LogP contribution in [-0.2, 0) is 20.7 Å². The first-order valence-corrected chi connectivity index (χ1v) is 8.50. The van der Waals surface area contributed by atoms with E-state index in [1.165, 1.54) is 26.2 Å². The summed E-state index contributed by atoms with van der Waals surface area (Å²) < 4.78 is 5.56. The van der Waals surface area contributed by atoms with E-state index >= 15 is 0 Å². The number of rotatable bonds is 4. The number of hydrogen-bond acceptors (Lipinski definition) is 4. The molecule has 27 heavy (non-hydrogen) atoms. The number of hydrogen-bond donors (Lipinski definition) is 1. The molecule has 2 amide bonds. The topological polar surface area (TPSA) is 83.9 Å². The summed E-state index contributed by atoms with van der Waals surface area (Å²) in [5.74, 6) is -1.76. The summed E-state index contributed by atoms with van der Waals surface area (Å²) >= 11 is 0. The van der Waals surface area contributed by atoms with Gasteiger partial charge in [0.05, 0.1) is 23.9 Å². The van der Waals surface area contributed by atoms with Gasteiger partial charge in [-0.05, 0) is 24.1 Å². The molecular formula is C21H19NO5. The van der Waals surface area contributed by atoms with E-state index < -0.39 is 17.8 Å². The molecule has 2 aromatic rings. The van der Waals surface area contributed by atoms with Gasteiger partial charge in [-0.1, -0.05) is 37.3 Å². The molecule has 6 heteroatoms. The third kappa shape index (κ3) is 2.99. The molecule has 1 aliphatic heterocycles. The summed E-state index contributed by atoms with van der Waals surface area (Å²) in [4.78, 5) is 37.8. The number of benzene rings is 2. The van der Waals surface area contributed by atoms with Gasteiger partial charge in [-0.2, -0.15) is 0 Å². The van der Waals surface area contributed by atoms with Gasteiger partial charge in [-0.15, -0.1) is 0 Å². The number of carbonyl (C=O) groups is 3. The Labute approximate surface area is 156 Å². The molecule has 1 heterocycles. The van der Waals surface area contributed by atoms with E-state index in [4.69, 9.17) is 4.74 Å². The molecule has 138 valence electrons. The van der Waals surface area contributed by atoms with Crippen LogP contribution in [0.1, 0.15) is 40.9 Å². The van der Waals surface area contributed by atoms with Gasteiger partial charge in [0.25, 0.3) is 5.91 Å². The first-order valence-electron chi connectivity index (χ1n) is 8.50. The van der Waals surface area contributed by atoms with E-state index in [1.54, 1.807) is 0 Å². The van der Waals surface area contributed by atoms with Crippen molar-refractivity contribution in [1.82, 2.24) is 0 Å². The standard InChI is InChI=1S/C21H19NO5/c1-4-13-10-15(21(25)26)11-16-17(13)18(20(24)22(16)12(2)23)19(27-3)14-8-6-5-7-9-14/h5-11H,4H2,1-3H3,(H,25,26). The molecule has 1 aliphatic rings. The number of aromatic carboxylic acids is 1. The third-order valence-corrected chi connectivity index (χ3v) is 4.52. The van der Waals surface area contributed by atoms with Crippen molar-refractivity contribution >= 4 is 34.8 Å². The van der Waals surface area contributed by atoms with E-state index in [9.17, 15) is 19.5 Å². The van der Waals surface area contributed by atoms with Crippen LogP contribution in [-0.4, -0.2) is 30.0 Å². The maximum atomic E-state index is 13.1. The minimum Gasteiger partial charge on any atom is -0.495 e. The molecule has 0 radical (unpaired) electrons. The fourth-order valence-electron chi connectivity index (χ4n) is 3.36. The van der Waals surface area contributed by atoms with Crippen molar-refractivity contribution in [3.05, 3.63) is 64.7 Å². The molecule has 2 aromatic carbocycles. The molecular weight excluding hydrogens is 346 g/mol. The second-order valence-corrected chi connectivity index (χ2v) is 6.12. The van der Waals surface area contributed by atoms with Crippen LogP contribution in [0.15, 0.2) is 42.5 Å². The van der Waals surface area contributed by atoms with Gasteiger partial charge < -0.3 is 9.84 Å². The van der Waals surface area contributed by atoms with Crippen LogP contribution >= 0.6 is 0 Å². The van der Waals surface area contributed by atoms with Gasteiger partial charge in [0.15, 0.2) is 0 Å². The Balaban J connectivity index is 2.40. The van der Waals surface area contributed by atoms with Gasteiger partial charge in [0, 0.05) is 18.1 Å². The predicted octanol–water partition coefficient (Wildman–Crippen LogP) is 3.36. The number of fused-ring (bicyclic) bond motifs is 1. The monoisotopic (exact) mass is 365 g/mol. The maximum Gasteiger partial charge on any atom is 0.335 e. The van der Waals surface area contributed by atoms with E-state index in [2.05, 4.69) is 0 Å². The Morgan fingerprint density at radius 3 is 2.30 bits per heavy atom. The summed E-state index contributed by atoms with van der Waals surface area (Å²) in [6.45, 7) is 3.15. The minimum atomic E-state index is -1.11. The normalized spacial score (nSPS) is 14.8. The first kappa shape index (κ1) is 18.4. The van der Waals surface area contributed by atoms with Crippen molar-refractivity contribution in [2.75, 3.05) is 12.0 Å². The molecule has 0 saturated carbocycles. The quantitative estimate of drug-likeness (QED) is 0.663. The number of methoxy groups -OCH3 is 1. The van der Waals surface area contributed by atoms with Crippen LogP contribution in [0.4, 0.5) is 5.69 Å². The number of anilines is 1. The lowest BCUT2D eigenvalue weighted by atomic mass is 9.94. The average molecular weight is 365 g/mol. The number of imide groups is 1. The van der Waals surface area contributed by atoms with Crippen molar-refractivity contribution in [3.8, 4) is 0 Å². The molecule has 0 aromatic heterocycles. The number of amides is 2. The predicted molar refractivity (Wildman–Crippen MR) is 101 cm³/mol. The summed E-state index contributed by atoms with van der Waals surface area (Å²) in [5.41, 5.74) is 2.49. The molecule has 0 spiro atoms. The Morgan fingerprint density at radius 2 is 1.78 bits per heavy atom. The highest BCUT2D eigenvalue weighted by Crippen LogP contribution is 2.44. The second kappa shape index (κ2) is 7.07. The molecule has 0 unspecified atom stereocenters. The Bertz CT molecular complexity index is 976. The minimum absolute atomic E-state index is 0.0320. The SMILES string of the molecule is CCc1cc(C(=O)O)cc2c1C(=C(OC)c1ccccc1)C(=O)N2C(C)=O. The molecule has 0 saturated heterocycles. The number of nitrogens with zero attached hydrogens (tertiary/aromatic N) is 1. The maximum absolute atomic E-state index is 13.1. The number of carboxylic acids is 1. The van der Waals surface area contributed by atoms with Crippen LogP contribution in [0.25, 0.3) is 11.3 Å². The first-order chi connectivity index (χ1) is 12.9. The van der Waals surface area contributed by atoms with Crippen LogP contribution in [0.5, 0.6) is 0 Å². The molecule has 0 bridgehead atoms. The zero-order valence-corrected chi connectivity index (χ0v) is 15.3. The zero-order chi connectivity index (χ0) is 19.7. The molecule has 0 atom stereocenters. The molecule has 0 fully saturated rings. The zero-order valence-electron chi connectivity index (χ0n) is 15.3. The lowest BCUT2D eigenvalue weighted by molar-refractivity contribution is -0.122. The fourth-order valence-corrected chi connectivity index (χ4v) is 3.36. The van der Waals surface area contributed by atoms with Crippen LogP contribution in [0.2, 0.25) is 0 Å². The number of carboxylic acid groups (broad SMARTS) is 1. The van der Waals surface area contributed by atoms with Gasteiger partial charge in [-0.3, -0.25) is 9.59 Å². The lowest BCUT2D eigenvalue weighted by Crippen LogP contribution is -2.31. The van der Waals surface area contributed by atoms with Gasteiger partial charge in [0.2, 0.25) is 5.91 Å². The number of aryl methyl sites for hydroxylation is 1. The summed E-state index contributed by atoms with van der Waals surface area (Å²) in [7, 11) is 1.47. The Hall–Kier alpha value is -3.41. The molecule has 1 N–H and O–H groups in total. The number of carbonyl (C=O) groups excluding carboxylic acids is 2. The summed E-state index contributed by atoms with van der Waals surface area (Å²) in [5, 5.41) is 9.40. The smallest absolute Gasteiger partial charge is 0.335 e. The largest absolute Gasteiger partial charge is 0.495 e. The summed E-state index contributed by atoms with van der Waals surface area (Å²) in [6, 6.07) is 12.0. The molecule has 3 rings (SSSR count). The highest BCUT2D eigenvalue weighted by molar-refractivity contribution is 6.43. The third-order valence-electron chi connectivity index (χ3n) is 4.52. The van der Waals surface area contributed by atoms with E-state index in [-0.39, 0.29) is 16.8 Å². The van der Waals surface area contributed by atoms with Crippen molar-refractivity contribution < 1.29 is 24.2 Å². The highest BCUT2D eigenvalue weighted by Gasteiger charge is 2.40. The highest BCUT2D eigenvalue weighted by atomic mass is 16.5. The van der Waals surface area contributed by atoms with E-state index in [0.717, 1.165) is 4.90 Å². The van der Waals surface area contributed by atoms with E-state index in [0.29, 0.717) is 28.9 Å². The molecule has 6 nitrogen and oxygen atoms in total. The average Bonchev–Trinajstić information content (AvgIpc) is 2.95. The van der Waals surface area contributed by atoms with Gasteiger partial charge in [-0.25, -0.2) is 9.69 Å². The van der Waals surface area contributed by atoms with Crippen molar-refractivity contribution in [2.45, 2.75) is 20.3 Å². The van der Waals surface area contributed by atoms with Gasteiger partial charge in [0.1, 0.15) is 5.76 Å². The second-order valence-electron chi connectivity index (χ2n) is 6.12. The van der Waals surface area contributed by atoms with Crippen molar-refractivity contribution in [2.24, 2.45) is 0 Å².